The van der Waals surface area contributed by atoms with Crippen molar-refractivity contribution in [1.29, 1.82) is 0 Å². The van der Waals surface area contributed by atoms with E-state index in [1.807, 2.05) is 24.3 Å². The first-order valence-corrected chi connectivity index (χ1v) is 9.26. The second-order valence-electron chi connectivity index (χ2n) is 8.09. The number of aromatic nitrogens is 1. The van der Waals surface area contributed by atoms with E-state index in [1.54, 1.807) is 6.26 Å². The van der Waals surface area contributed by atoms with Crippen molar-refractivity contribution in [3.05, 3.63) is 41.2 Å². The average Bonchev–Trinajstić information content (AvgIpc) is 3.03. The fourth-order valence-electron chi connectivity index (χ4n) is 4.77. The molecule has 1 aromatic heterocycles. The third-order valence-corrected chi connectivity index (χ3v) is 6.79. The number of rotatable bonds is 4. The standard InChI is InChI=1S/C20H25ClN2O/c1-12-17-8-14(20(17,2)3)9-18(12)22-10-16-11-24-19(23-16)13-4-6-15(21)7-5-13/h4-7,11-12,14,17-18,22H,8-10H2,1-3H3/t12-,14+,17-,18?/m1/s1. The first kappa shape index (κ1) is 16.2. The van der Waals surface area contributed by atoms with Crippen LogP contribution in [0.15, 0.2) is 34.9 Å². The van der Waals surface area contributed by atoms with Crippen LogP contribution in [0.3, 0.4) is 0 Å². The molecule has 1 aromatic carbocycles. The number of hydrogen-bond donors (Lipinski definition) is 1. The molecule has 3 nitrogen and oxygen atoms in total. The summed E-state index contributed by atoms with van der Waals surface area (Å²) in [6, 6.07) is 8.18. The molecule has 3 aliphatic carbocycles. The maximum Gasteiger partial charge on any atom is 0.226 e. The molecule has 0 spiro atoms. The summed E-state index contributed by atoms with van der Waals surface area (Å²) < 4.78 is 5.63. The largest absolute Gasteiger partial charge is 0.444 e. The summed E-state index contributed by atoms with van der Waals surface area (Å²) in [4.78, 5) is 4.61. The van der Waals surface area contributed by atoms with Gasteiger partial charge in [0.05, 0.1) is 5.69 Å². The summed E-state index contributed by atoms with van der Waals surface area (Å²) in [5, 5.41) is 4.44. The Bertz CT molecular complexity index is 721. The van der Waals surface area contributed by atoms with E-state index in [2.05, 4.69) is 31.1 Å². The second kappa shape index (κ2) is 5.89. The Kier molecular flexibility index (Phi) is 3.97. The molecule has 1 N–H and O–H groups in total. The van der Waals surface area contributed by atoms with Gasteiger partial charge in [0.2, 0.25) is 5.89 Å². The van der Waals surface area contributed by atoms with E-state index in [4.69, 9.17) is 16.0 Å². The van der Waals surface area contributed by atoms with Crippen molar-refractivity contribution in [3.8, 4) is 11.5 Å². The Labute approximate surface area is 148 Å². The van der Waals surface area contributed by atoms with E-state index in [1.165, 1.54) is 12.8 Å². The quantitative estimate of drug-likeness (QED) is 0.832. The Morgan fingerprint density at radius 1 is 1.25 bits per heavy atom. The van der Waals surface area contributed by atoms with Crippen LogP contribution in [0.5, 0.6) is 0 Å². The summed E-state index contributed by atoms with van der Waals surface area (Å²) in [5.41, 5.74) is 2.46. The van der Waals surface area contributed by atoms with Gasteiger partial charge < -0.3 is 9.73 Å². The fourth-order valence-corrected chi connectivity index (χ4v) is 4.89. The molecule has 4 heteroatoms. The normalized spacial score (nSPS) is 30.8. The number of hydrogen-bond acceptors (Lipinski definition) is 3. The van der Waals surface area contributed by atoms with E-state index in [-0.39, 0.29) is 0 Å². The summed E-state index contributed by atoms with van der Waals surface area (Å²) in [6.45, 7) is 8.05. The van der Waals surface area contributed by atoms with Gasteiger partial charge in [0.1, 0.15) is 6.26 Å². The van der Waals surface area contributed by atoms with Gasteiger partial charge in [-0.15, -0.1) is 0 Å². The van der Waals surface area contributed by atoms with Crippen molar-refractivity contribution in [1.82, 2.24) is 10.3 Å². The Hall–Kier alpha value is -1.32. The maximum absolute atomic E-state index is 5.93. The van der Waals surface area contributed by atoms with Crippen molar-refractivity contribution in [3.63, 3.8) is 0 Å². The van der Waals surface area contributed by atoms with Gasteiger partial charge in [0.25, 0.3) is 0 Å². The molecule has 4 atom stereocenters. The SMILES string of the molecule is C[C@H]1C(NCc2coc(-c3ccc(Cl)cc3)n2)C[C@@H]2C[C@H]1C2(C)C. The molecule has 0 saturated heterocycles. The zero-order valence-electron chi connectivity index (χ0n) is 14.6. The molecule has 24 heavy (non-hydrogen) atoms. The van der Waals surface area contributed by atoms with Gasteiger partial charge in [-0.25, -0.2) is 4.98 Å². The lowest BCUT2D eigenvalue weighted by atomic mass is 9.45. The van der Waals surface area contributed by atoms with Crippen LogP contribution < -0.4 is 5.32 Å². The number of nitrogens with one attached hydrogen (secondary N) is 1. The molecule has 0 radical (unpaired) electrons. The van der Waals surface area contributed by atoms with E-state index in [0.29, 0.717) is 17.3 Å². The van der Waals surface area contributed by atoms with E-state index in [0.717, 1.165) is 40.6 Å². The summed E-state index contributed by atoms with van der Waals surface area (Å²) in [6.07, 6.45) is 4.46. The van der Waals surface area contributed by atoms with Crippen LogP contribution in [-0.4, -0.2) is 11.0 Å². The molecule has 3 saturated carbocycles. The van der Waals surface area contributed by atoms with Crippen LogP contribution in [0.25, 0.3) is 11.5 Å². The first-order chi connectivity index (χ1) is 11.4. The zero-order chi connectivity index (χ0) is 16.9. The molecule has 3 aliphatic rings. The Morgan fingerprint density at radius 2 is 2.00 bits per heavy atom. The molecule has 1 unspecified atom stereocenters. The van der Waals surface area contributed by atoms with Crippen LogP contribution >= 0.6 is 11.6 Å². The van der Waals surface area contributed by atoms with Crippen molar-refractivity contribution in [2.75, 3.05) is 0 Å². The monoisotopic (exact) mass is 344 g/mol. The van der Waals surface area contributed by atoms with E-state index < -0.39 is 0 Å². The third-order valence-electron chi connectivity index (χ3n) is 6.54. The lowest BCUT2D eigenvalue weighted by molar-refractivity contribution is -0.115. The maximum atomic E-state index is 5.93. The molecular formula is C20H25ClN2O. The van der Waals surface area contributed by atoms with Crippen LogP contribution in [-0.2, 0) is 6.54 Å². The molecule has 3 fully saturated rings. The Balaban J connectivity index is 1.38. The molecule has 128 valence electrons. The topological polar surface area (TPSA) is 38.1 Å². The minimum atomic E-state index is 0.535. The second-order valence-corrected chi connectivity index (χ2v) is 8.53. The number of nitrogens with zero attached hydrogens (tertiary/aromatic N) is 1. The molecule has 5 rings (SSSR count). The van der Waals surface area contributed by atoms with Crippen LogP contribution in [0.4, 0.5) is 0 Å². The molecule has 2 aromatic rings. The van der Waals surface area contributed by atoms with Crippen molar-refractivity contribution in [2.45, 2.75) is 46.2 Å². The molecule has 2 bridgehead atoms. The molecule has 0 aliphatic heterocycles. The van der Waals surface area contributed by atoms with Gasteiger partial charge in [-0.3, -0.25) is 0 Å². The van der Waals surface area contributed by atoms with Crippen molar-refractivity contribution < 1.29 is 4.42 Å². The smallest absolute Gasteiger partial charge is 0.226 e. The van der Waals surface area contributed by atoms with Crippen LogP contribution in [0.2, 0.25) is 5.02 Å². The zero-order valence-corrected chi connectivity index (χ0v) is 15.3. The number of fused-ring (bicyclic) bond motifs is 2. The van der Waals surface area contributed by atoms with E-state index >= 15 is 0 Å². The number of halogens is 1. The predicted octanol–water partition coefficient (Wildman–Crippen LogP) is 5.16. The van der Waals surface area contributed by atoms with Crippen LogP contribution in [0, 0.1) is 23.2 Å². The highest BCUT2D eigenvalue weighted by molar-refractivity contribution is 6.30. The molecular weight excluding hydrogens is 320 g/mol. The lowest BCUT2D eigenvalue weighted by Gasteiger charge is -2.62. The van der Waals surface area contributed by atoms with Gasteiger partial charge in [0, 0.05) is 23.2 Å². The highest BCUT2D eigenvalue weighted by atomic mass is 35.5. The summed E-state index contributed by atoms with van der Waals surface area (Å²) >= 11 is 5.93. The highest BCUT2D eigenvalue weighted by Gasteiger charge is 2.55. The summed E-state index contributed by atoms with van der Waals surface area (Å²) in [7, 11) is 0. The predicted molar refractivity (Wildman–Crippen MR) is 96.7 cm³/mol. The van der Waals surface area contributed by atoms with Gasteiger partial charge >= 0.3 is 0 Å². The Morgan fingerprint density at radius 3 is 2.67 bits per heavy atom. The fraction of sp³-hybridized carbons (Fsp3) is 0.550. The lowest BCUT2D eigenvalue weighted by Crippen LogP contribution is -2.59. The minimum Gasteiger partial charge on any atom is -0.444 e. The van der Waals surface area contributed by atoms with Gasteiger partial charge in [-0.2, -0.15) is 0 Å². The van der Waals surface area contributed by atoms with Gasteiger partial charge in [0.15, 0.2) is 0 Å². The summed E-state index contributed by atoms with van der Waals surface area (Å²) in [5.74, 6) is 3.12. The van der Waals surface area contributed by atoms with Gasteiger partial charge in [-0.05, 0) is 60.3 Å². The average molecular weight is 345 g/mol. The highest BCUT2D eigenvalue weighted by Crippen LogP contribution is 2.61. The van der Waals surface area contributed by atoms with Gasteiger partial charge in [-0.1, -0.05) is 32.4 Å². The van der Waals surface area contributed by atoms with Crippen molar-refractivity contribution >= 4 is 11.6 Å². The minimum absolute atomic E-state index is 0.535. The molecule has 1 heterocycles. The number of oxazole rings is 1. The van der Waals surface area contributed by atoms with E-state index in [9.17, 15) is 0 Å². The number of benzene rings is 1. The third kappa shape index (κ3) is 2.68. The van der Waals surface area contributed by atoms with Crippen molar-refractivity contribution in [2.24, 2.45) is 23.2 Å². The molecule has 0 amide bonds. The first-order valence-electron chi connectivity index (χ1n) is 8.89. The van der Waals surface area contributed by atoms with Crippen LogP contribution in [0.1, 0.15) is 39.3 Å².